The summed E-state index contributed by atoms with van der Waals surface area (Å²) >= 11 is 0. The Kier molecular flexibility index (Phi) is 3.53. The predicted octanol–water partition coefficient (Wildman–Crippen LogP) is 4.38. The van der Waals surface area contributed by atoms with E-state index in [9.17, 15) is 9.59 Å². The molecule has 0 saturated heterocycles. The van der Waals surface area contributed by atoms with E-state index in [2.05, 4.69) is 5.32 Å². The van der Waals surface area contributed by atoms with Crippen LogP contribution in [0.4, 0.5) is 11.4 Å². The van der Waals surface area contributed by atoms with Crippen molar-refractivity contribution >= 4 is 34.0 Å². The normalized spacial score (nSPS) is 12.7. The van der Waals surface area contributed by atoms with Gasteiger partial charge in [-0.2, -0.15) is 0 Å². The van der Waals surface area contributed by atoms with E-state index in [-0.39, 0.29) is 11.8 Å². The van der Waals surface area contributed by atoms with Crippen molar-refractivity contribution in [3.8, 4) is 0 Å². The SMILES string of the molecule is CCN1C(=O)c2cccc3c(NC(=O)c4cccc(C)c4)ccc1c23. The average molecular weight is 330 g/mol. The fourth-order valence-corrected chi connectivity index (χ4v) is 3.45. The van der Waals surface area contributed by atoms with Crippen LogP contribution < -0.4 is 10.2 Å². The van der Waals surface area contributed by atoms with Gasteiger partial charge < -0.3 is 10.2 Å². The van der Waals surface area contributed by atoms with Gasteiger partial charge in [-0.15, -0.1) is 0 Å². The predicted molar refractivity (Wildman–Crippen MR) is 100 cm³/mol. The van der Waals surface area contributed by atoms with Crippen LogP contribution in [0.1, 0.15) is 33.2 Å². The van der Waals surface area contributed by atoms with Gasteiger partial charge in [0.2, 0.25) is 0 Å². The molecule has 0 fully saturated rings. The molecule has 1 N–H and O–H groups in total. The minimum atomic E-state index is -0.152. The van der Waals surface area contributed by atoms with Crippen LogP contribution in [0.25, 0.3) is 10.8 Å². The van der Waals surface area contributed by atoms with Crippen LogP contribution in [0.15, 0.2) is 54.6 Å². The van der Waals surface area contributed by atoms with Crippen molar-refractivity contribution in [2.75, 3.05) is 16.8 Å². The molecule has 0 aromatic heterocycles. The quantitative estimate of drug-likeness (QED) is 0.775. The number of carbonyl (C=O) groups excluding carboxylic acids is 2. The summed E-state index contributed by atoms with van der Waals surface area (Å²) in [6.07, 6.45) is 0. The number of carbonyl (C=O) groups is 2. The van der Waals surface area contributed by atoms with Gasteiger partial charge in [0.1, 0.15) is 0 Å². The molecule has 124 valence electrons. The van der Waals surface area contributed by atoms with Crippen LogP contribution in [0.5, 0.6) is 0 Å². The molecule has 0 atom stereocenters. The van der Waals surface area contributed by atoms with Crippen molar-refractivity contribution in [2.45, 2.75) is 13.8 Å². The number of hydrogen-bond donors (Lipinski definition) is 1. The summed E-state index contributed by atoms with van der Waals surface area (Å²) < 4.78 is 0. The molecule has 0 radical (unpaired) electrons. The number of rotatable bonds is 3. The van der Waals surface area contributed by atoms with Gasteiger partial charge in [0.15, 0.2) is 0 Å². The first kappa shape index (κ1) is 15.4. The van der Waals surface area contributed by atoms with Gasteiger partial charge in [-0.25, -0.2) is 0 Å². The van der Waals surface area contributed by atoms with E-state index in [0.29, 0.717) is 17.7 Å². The third kappa shape index (κ3) is 2.38. The zero-order chi connectivity index (χ0) is 17.6. The van der Waals surface area contributed by atoms with Crippen molar-refractivity contribution in [3.63, 3.8) is 0 Å². The van der Waals surface area contributed by atoms with E-state index < -0.39 is 0 Å². The molecule has 0 unspecified atom stereocenters. The Morgan fingerprint density at radius 2 is 1.88 bits per heavy atom. The lowest BCUT2D eigenvalue weighted by Crippen LogP contribution is -2.25. The zero-order valence-electron chi connectivity index (χ0n) is 14.2. The molecule has 3 aromatic carbocycles. The van der Waals surface area contributed by atoms with Gasteiger partial charge in [0.25, 0.3) is 11.8 Å². The molecule has 0 bridgehead atoms. The highest BCUT2D eigenvalue weighted by molar-refractivity contribution is 6.27. The average Bonchev–Trinajstić information content (AvgIpc) is 2.90. The first-order chi connectivity index (χ1) is 12.1. The third-order valence-electron chi connectivity index (χ3n) is 4.63. The number of nitrogens with zero attached hydrogens (tertiary/aromatic N) is 1. The van der Waals surface area contributed by atoms with Crippen LogP contribution >= 0.6 is 0 Å². The molecule has 25 heavy (non-hydrogen) atoms. The van der Waals surface area contributed by atoms with Crippen LogP contribution in [0, 0.1) is 6.92 Å². The number of anilines is 2. The maximum atomic E-state index is 12.6. The van der Waals surface area contributed by atoms with E-state index in [4.69, 9.17) is 0 Å². The van der Waals surface area contributed by atoms with Gasteiger partial charge in [-0.3, -0.25) is 9.59 Å². The molecule has 4 nitrogen and oxygen atoms in total. The molecule has 0 spiro atoms. The first-order valence-electron chi connectivity index (χ1n) is 8.35. The molecule has 1 aliphatic heterocycles. The molecule has 0 saturated carbocycles. The van der Waals surface area contributed by atoms with E-state index in [0.717, 1.165) is 27.7 Å². The van der Waals surface area contributed by atoms with Gasteiger partial charge in [-0.1, -0.05) is 29.8 Å². The fourth-order valence-electron chi connectivity index (χ4n) is 3.45. The summed E-state index contributed by atoms with van der Waals surface area (Å²) in [5.41, 5.74) is 3.98. The fraction of sp³-hybridized carbons (Fsp3) is 0.143. The van der Waals surface area contributed by atoms with Crippen molar-refractivity contribution in [2.24, 2.45) is 0 Å². The largest absolute Gasteiger partial charge is 0.321 e. The van der Waals surface area contributed by atoms with Gasteiger partial charge in [0, 0.05) is 34.1 Å². The van der Waals surface area contributed by atoms with Crippen LogP contribution in [-0.2, 0) is 0 Å². The van der Waals surface area contributed by atoms with Gasteiger partial charge in [-0.05, 0) is 44.2 Å². The molecule has 4 heteroatoms. The Labute approximate surface area is 146 Å². The number of nitrogens with one attached hydrogen (secondary N) is 1. The summed E-state index contributed by atoms with van der Waals surface area (Å²) in [5.74, 6) is -0.133. The zero-order valence-corrected chi connectivity index (χ0v) is 14.2. The summed E-state index contributed by atoms with van der Waals surface area (Å²) in [6, 6.07) is 16.9. The van der Waals surface area contributed by atoms with Crippen molar-refractivity contribution in [1.82, 2.24) is 0 Å². The lowest BCUT2D eigenvalue weighted by atomic mass is 10.0. The summed E-state index contributed by atoms with van der Waals surface area (Å²) in [4.78, 5) is 26.9. The van der Waals surface area contributed by atoms with Crippen molar-refractivity contribution in [1.29, 1.82) is 0 Å². The second-order valence-corrected chi connectivity index (χ2v) is 6.23. The Bertz CT molecular complexity index is 1020. The van der Waals surface area contributed by atoms with Crippen molar-refractivity contribution in [3.05, 3.63) is 71.3 Å². The maximum Gasteiger partial charge on any atom is 0.258 e. The minimum Gasteiger partial charge on any atom is -0.321 e. The molecule has 4 rings (SSSR count). The summed E-state index contributed by atoms with van der Waals surface area (Å²) in [7, 11) is 0. The molecule has 3 aromatic rings. The van der Waals surface area contributed by atoms with E-state index in [1.165, 1.54) is 0 Å². The number of amides is 2. The molecular formula is C21H18N2O2. The maximum absolute atomic E-state index is 12.6. The van der Waals surface area contributed by atoms with Crippen LogP contribution in [0.2, 0.25) is 0 Å². The van der Waals surface area contributed by atoms with E-state index >= 15 is 0 Å². The molecule has 1 aliphatic rings. The lowest BCUT2D eigenvalue weighted by Gasteiger charge is -2.15. The second-order valence-electron chi connectivity index (χ2n) is 6.23. The van der Waals surface area contributed by atoms with Crippen molar-refractivity contribution < 1.29 is 9.59 Å². The topological polar surface area (TPSA) is 49.4 Å². The van der Waals surface area contributed by atoms with Gasteiger partial charge >= 0.3 is 0 Å². The van der Waals surface area contributed by atoms with E-state index in [1.807, 2.05) is 62.4 Å². The minimum absolute atomic E-state index is 0.0188. The smallest absolute Gasteiger partial charge is 0.258 e. The summed E-state index contributed by atoms with van der Waals surface area (Å²) in [6.45, 7) is 4.54. The molecule has 0 aliphatic carbocycles. The Balaban J connectivity index is 1.79. The molecule has 1 heterocycles. The Morgan fingerprint density at radius 1 is 1.08 bits per heavy atom. The Morgan fingerprint density at radius 3 is 2.64 bits per heavy atom. The Hall–Kier alpha value is -3.14. The summed E-state index contributed by atoms with van der Waals surface area (Å²) in [5, 5.41) is 4.79. The second kappa shape index (κ2) is 5.74. The monoisotopic (exact) mass is 330 g/mol. The highest BCUT2D eigenvalue weighted by atomic mass is 16.2. The first-order valence-corrected chi connectivity index (χ1v) is 8.35. The number of benzene rings is 3. The van der Waals surface area contributed by atoms with Gasteiger partial charge in [0.05, 0.1) is 5.69 Å². The van der Waals surface area contributed by atoms with Crippen LogP contribution in [0.3, 0.4) is 0 Å². The molecule has 2 amide bonds. The van der Waals surface area contributed by atoms with E-state index in [1.54, 1.807) is 11.0 Å². The highest BCUT2D eigenvalue weighted by Crippen LogP contribution is 2.40. The molecular weight excluding hydrogens is 312 g/mol. The third-order valence-corrected chi connectivity index (χ3v) is 4.63. The van der Waals surface area contributed by atoms with Crippen LogP contribution in [-0.4, -0.2) is 18.4 Å². The highest BCUT2D eigenvalue weighted by Gasteiger charge is 2.29. The number of aryl methyl sites for hydroxylation is 1. The number of hydrogen-bond acceptors (Lipinski definition) is 2. The standard InChI is InChI=1S/C21H18N2O2/c1-3-23-18-11-10-17(15-8-5-9-16(19(15)18)21(23)25)22-20(24)14-7-4-6-13(2)12-14/h4-12H,3H2,1-2H3,(H,22,24). The lowest BCUT2D eigenvalue weighted by molar-refractivity contribution is 0.0992.